The van der Waals surface area contributed by atoms with Crippen LogP contribution >= 0.6 is 0 Å². The molecule has 0 spiro atoms. The standard InChI is InChI=1S/2C10H20NO3.H2O4S/c2*1-9(2)10(12)14-13-8-6-7-11(3,4)5;1-5(2,3)4/h2*1,6-8H2,2-5H3;(H2,1,2,3,4)/q2*+1;/p-2. The maximum Gasteiger partial charge on any atom is 0.368 e. The molecule has 0 aromatic heterocycles. The van der Waals surface area contributed by atoms with E-state index in [0.29, 0.717) is 24.4 Å². The second kappa shape index (κ2) is 17.6. The number of nitrogens with zero attached hydrogens (tertiary/aromatic N) is 2. The van der Waals surface area contributed by atoms with Gasteiger partial charge in [0.25, 0.3) is 0 Å². The summed E-state index contributed by atoms with van der Waals surface area (Å²) in [6.45, 7) is 12.8. The summed E-state index contributed by atoms with van der Waals surface area (Å²) in [6, 6.07) is 0. The number of hydrogen-bond acceptors (Lipinski definition) is 10. The van der Waals surface area contributed by atoms with E-state index >= 15 is 0 Å². The molecule has 0 aliphatic carbocycles. The van der Waals surface area contributed by atoms with Crippen molar-refractivity contribution < 1.29 is 55.6 Å². The largest absolute Gasteiger partial charge is 0.759 e. The van der Waals surface area contributed by atoms with Gasteiger partial charge in [-0.1, -0.05) is 13.2 Å². The first-order valence-corrected chi connectivity index (χ1v) is 11.3. The van der Waals surface area contributed by atoms with E-state index in [1.807, 2.05) is 0 Å². The van der Waals surface area contributed by atoms with Crippen LogP contribution < -0.4 is 0 Å². The van der Waals surface area contributed by atoms with Crippen molar-refractivity contribution in [3.05, 3.63) is 24.3 Å². The van der Waals surface area contributed by atoms with E-state index in [9.17, 15) is 9.59 Å². The summed E-state index contributed by atoms with van der Waals surface area (Å²) in [5.41, 5.74) is 0.688. The molecule has 0 aliphatic heterocycles. The smallest absolute Gasteiger partial charge is 0.368 e. The van der Waals surface area contributed by atoms with Crippen LogP contribution in [0, 0.1) is 0 Å². The van der Waals surface area contributed by atoms with E-state index in [4.69, 9.17) is 27.3 Å². The van der Waals surface area contributed by atoms with E-state index in [0.717, 1.165) is 34.9 Å². The van der Waals surface area contributed by atoms with Crippen molar-refractivity contribution in [3.8, 4) is 0 Å². The lowest BCUT2D eigenvalue weighted by Gasteiger charge is -2.23. The molecule has 0 aromatic carbocycles. The molecule has 196 valence electrons. The fourth-order valence-electron chi connectivity index (χ4n) is 1.53. The third-order valence-corrected chi connectivity index (χ3v) is 3.08. The lowest BCUT2D eigenvalue weighted by Crippen LogP contribution is -2.35. The lowest BCUT2D eigenvalue weighted by atomic mass is 10.4. The highest BCUT2D eigenvalue weighted by Gasteiger charge is 2.08. The molecule has 13 heteroatoms. The fourth-order valence-corrected chi connectivity index (χ4v) is 1.53. The van der Waals surface area contributed by atoms with Crippen LogP contribution in [0.25, 0.3) is 0 Å². The highest BCUT2D eigenvalue weighted by atomic mass is 32.3. The summed E-state index contributed by atoms with van der Waals surface area (Å²) >= 11 is 0. The van der Waals surface area contributed by atoms with Gasteiger partial charge in [0.2, 0.25) is 0 Å². The van der Waals surface area contributed by atoms with Crippen molar-refractivity contribution in [2.24, 2.45) is 0 Å². The summed E-state index contributed by atoms with van der Waals surface area (Å²) in [7, 11) is 7.42. The molecule has 0 radical (unpaired) electrons. The molecule has 0 rings (SSSR count). The molecule has 0 bridgehead atoms. The number of carbonyl (C=O) groups is 2. The van der Waals surface area contributed by atoms with Crippen LogP contribution in [0.1, 0.15) is 26.7 Å². The van der Waals surface area contributed by atoms with E-state index in [2.05, 4.69) is 65.2 Å². The Kier molecular flexibility index (Phi) is 19.0. The van der Waals surface area contributed by atoms with Crippen LogP contribution in [0.3, 0.4) is 0 Å². The molecular formula is C20H40N2O10S. The van der Waals surface area contributed by atoms with E-state index < -0.39 is 22.3 Å². The average Bonchev–Trinajstić information content (AvgIpc) is 2.57. The number of rotatable bonds is 12. The third kappa shape index (κ3) is 40.9. The molecule has 0 N–H and O–H groups in total. The van der Waals surface area contributed by atoms with Crippen LogP contribution in [0.2, 0.25) is 0 Å². The Hall–Kier alpha value is -1.87. The molecule has 0 atom stereocenters. The van der Waals surface area contributed by atoms with Gasteiger partial charge in [0.1, 0.15) is 0 Å². The van der Waals surface area contributed by atoms with Crippen LogP contribution in [0.15, 0.2) is 24.3 Å². The van der Waals surface area contributed by atoms with Crippen molar-refractivity contribution in [3.63, 3.8) is 0 Å². The third-order valence-electron chi connectivity index (χ3n) is 3.08. The summed E-state index contributed by atoms with van der Waals surface area (Å²) < 4.78 is 35.8. The van der Waals surface area contributed by atoms with Gasteiger partial charge < -0.3 is 18.1 Å². The highest BCUT2D eigenvalue weighted by Crippen LogP contribution is 1.98. The Bertz CT molecular complexity index is 653. The molecule has 0 fully saturated rings. The Balaban J connectivity index is -0.000000453. The zero-order chi connectivity index (χ0) is 26.9. The zero-order valence-corrected chi connectivity index (χ0v) is 21.9. The SMILES string of the molecule is C=C(C)C(=O)OOCCC[N+](C)(C)C.C=C(C)C(=O)OOCCC[N+](C)(C)C.O=S(=O)([O-])[O-]. The monoisotopic (exact) mass is 500 g/mol. The maximum atomic E-state index is 10.9. The van der Waals surface area contributed by atoms with Crippen molar-refractivity contribution in [2.75, 3.05) is 68.6 Å². The quantitative estimate of drug-likeness (QED) is 0.0719. The second-order valence-electron chi connectivity index (χ2n) is 9.09. The van der Waals surface area contributed by atoms with Crippen LogP contribution in [0.4, 0.5) is 0 Å². The molecule has 0 saturated heterocycles. The van der Waals surface area contributed by atoms with Gasteiger partial charge in [0.15, 0.2) is 0 Å². The van der Waals surface area contributed by atoms with Crippen molar-refractivity contribution in [1.29, 1.82) is 0 Å². The van der Waals surface area contributed by atoms with Gasteiger partial charge in [-0.25, -0.2) is 9.59 Å². The lowest BCUT2D eigenvalue weighted by molar-refractivity contribution is -0.870. The summed E-state index contributed by atoms with van der Waals surface area (Å²) in [4.78, 5) is 40.1. The van der Waals surface area contributed by atoms with Crippen molar-refractivity contribution >= 4 is 22.3 Å². The fraction of sp³-hybridized carbons (Fsp3) is 0.700. The van der Waals surface area contributed by atoms with Crippen LogP contribution in [0.5, 0.6) is 0 Å². The van der Waals surface area contributed by atoms with Gasteiger partial charge in [-0.3, -0.25) is 18.2 Å². The minimum atomic E-state index is -5.17. The molecular weight excluding hydrogens is 460 g/mol. The van der Waals surface area contributed by atoms with Gasteiger partial charge in [-0.2, -0.15) is 9.78 Å². The summed E-state index contributed by atoms with van der Waals surface area (Å²) in [5, 5.41) is 0. The molecule has 0 amide bonds. The predicted molar refractivity (Wildman–Crippen MR) is 119 cm³/mol. The Labute approximate surface area is 198 Å². The topological polar surface area (TPSA) is 151 Å². The molecule has 12 nitrogen and oxygen atoms in total. The van der Waals surface area contributed by atoms with Crippen LogP contribution in [-0.4, -0.2) is 107 Å². The summed E-state index contributed by atoms with van der Waals surface area (Å²) in [5.74, 6) is -1.01. The number of quaternary nitrogens is 2. The minimum absolute atomic E-state index is 0.344. The molecule has 0 unspecified atom stereocenters. The maximum absolute atomic E-state index is 10.9. The Morgan fingerprint density at radius 2 is 0.970 bits per heavy atom. The first-order valence-electron chi connectivity index (χ1n) is 9.92. The van der Waals surface area contributed by atoms with Crippen molar-refractivity contribution in [2.45, 2.75) is 26.7 Å². The first kappa shape index (κ1) is 35.7. The van der Waals surface area contributed by atoms with E-state index in [1.54, 1.807) is 13.8 Å². The Morgan fingerprint density at radius 3 is 1.15 bits per heavy atom. The van der Waals surface area contributed by atoms with E-state index in [-0.39, 0.29) is 0 Å². The van der Waals surface area contributed by atoms with Gasteiger partial charge in [-0.15, -0.1) is 0 Å². The van der Waals surface area contributed by atoms with Gasteiger partial charge >= 0.3 is 11.9 Å². The van der Waals surface area contributed by atoms with Crippen molar-refractivity contribution in [1.82, 2.24) is 0 Å². The van der Waals surface area contributed by atoms with E-state index in [1.165, 1.54) is 0 Å². The van der Waals surface area contributed by atoms with Gasteiger partial charge in [0, 0.05) is 34.4 Å². The molecule has 0 saturated carbocycles. The Morgan fingerprint density at radius 1 is 0.727 bits per heavy atom. The first-order chi connectivity index (χ1) is 14.7. The number of carbonyl (C=O) groups excluding carboxylic acids is 2. The normalized spacial score (nSPS) is 11.2. The molecule has 0 aromatic rings. The minimum Gasteiger partial charge on any atom is -0.759 e. The molecule has 0 aliphatic rings. The van der Waals surface area contributed by atoms with Gasteiger partial charge in [0.05, 0.1) is 68.6 Å². The highest BCUT2D eigenvalue weighted by molar-refractivity contribution is 7.79. The summed E-state index contributed by atoms with van der Waals surface area (Å²) in [6.07, 6.45) is 1.71. The second-order valence-corrected chi connectivity index (χ2v) is 9.91. The van der Waals surface area contributed by atoms with Gasteiger partial charge in [-0.05, 0) is 13.8 Å². The predicted octanol–water partition coefficient (Wildman–Crippen LogP) is 0.929. The zero-order valence-electron chi connectivity index (χ0n) is 21.0. The number of hydrogen-bond donors (Lipinski definition) is 0. The average molecular weight is 501 g/mol. The van der Waals surface area contributed by atoms with Crippen LogP contribution in [-0.2, 0) is 39.5 Å². The molecule has 0 heterocycles. The molecule has 33 heavy (non-hydrogen) atoms.